The van der Waals surface area contributed by atoms with Gasteiger partial charge in [0.25, 0.3) is 0 Å². The highest BCUT2D eigenvalue weighted by Gasteiger charge is 2.41. The van der Waals surface area contributed by atoms with Crippen molar-refractivity contribution in [3.8, 4) is 0 Å². The highest BCUT2D eigenvalue weighted by Crippen LogP contribution is 2.34. The standard InChI is InChI=1S/C13H19NO3/c14-13(12(15)16,11-7-4-8-17-11)9-10-5-2-1-3-6-10/h4,7-8,10H,1-3,5-6,9,14H2,(H,15,16). The van der Waals surface area contributed by atoms with Crippen LogP contribution in [0.4, 0.5) is 0 Å². The number of carbonyl (C=O) groups is 1. The van der Waals surface area contributed by atoms with Crippen molar-refractivity contribution in [2.75, 3.05) is 0 Å². The zero-order valence-electron chi connectivity index (χ0n) is 9.89. The molecule has 0 radical (unpaired) electrons. The molecule has 1 aromatic heterocycles. The lowest BCUT2D eigenvalue weighted by molar-refractivity contribution is -0.145. The van der Waals surface area contributed by atoms with Gasteiger partial charge in [-0.25, -0.2) is 4.79 Å². The molecule has 0 saturated heterocycles. The van der Waals surface area contributed by atoms with Gasteiger partial charge in [-0.3, -0.25) is 0 Å². The van der Waals surface area contributed by atoms with Crippen LogP contribution >= 0.6 is 0 Å². The summed E-state index contributed by atoms with van der Waals surface area (Å²) in [5, 5.41) is 9.35. The number of carboxylic acids is 1. The molecule has 4 heteroatoms. The average molecular weight is 237 g/mol. The number of nitrogens with two attached hydrogens (primary N) is 1. The summed E-state index contributed by atoms with van der Waals surface area (Å²) in [6, 6.07) is 3.33. The summed E-state index contributed by atoms with van der Waals surface area (Å²) < 4.78 is 5.20. The smallest absolute Gasteiger partial charge is 0.331 e. The van der Waals surface area contributed by atoms with Gasteiger partial charge < -0.3 is 15.3 Å². The summed E-state index contributed by atoms with van der Waals surface area (Å²) in [5.41, 5.74) is 4.67. The Morgan fingerprint density at radius 2 is 2.18 bits per heavy atom. The molecule has 0 aromatic carbocycles. The van der Waals surface area contributed by atoms with Crippen LogP contribution in [-0.4, -0.2) is 11.1 Å². The topological polar surface area (TPSA) is 76.5 Å². The molecule has 1 unspecified atom stereocenters. The van der Waals surface area contributed by atoms with Crippen molar-refractivity contribution in [3.63, 3.8) is 0 Å². The van der Waals surface area contributed by atoms with Crippen LogP contribution in [0, 0.1) is 5.92 Å². The molecule has 94 valence electrons. The monoisotopic (exact) mass is 237 g/mol. The molecule has 3 N–H and O–H groups in total. The van der Waals surface area contributed by atoms with Crippen molar-refractivity contribution in [1.29, 1.82) is 0 Å². The highest BCUT2D eigenvalue weighted by atomic mass is 16.4. The number of hydrogen-bond acceptors (Lipinski definition) is 3. The predicted molar refractivity (Wildman–Crippen MR) is 63.4 cm³/mol. The zero-order chi connectivity index (χ0) is 12.3. The Kier molecular flexibility index (Phi) is 3.52. The van der Waals surface area contributed by atoms with Crippen LogP contribution in [0.25, 0.3) is 0 Å². The maximum absolute atomic E-state index is 11.4. The molecular weight excluding hydrogens is 218 g/mol. The highest BCUT2D eigenvalue weighted by molar-refractivity contribution is 5.79. The van der Waals surface area contributed by atoms with Crippen LogP contribution in [0.5, 0.6) is 0 Å². The summed E-state index contributed by atoms with van der Waals surface area (Å²) >= 11 is 0. The number of aliphatic carboxylic acids is 1. The van der Waals surface area contributed by atoms with Crippen molar-refractivity contribution in [2.45, 2.75) is 44.1 Å². The van der Waals surface area contributed by atoms with Crippen LogP contribution in [0.3, 0.4) is 0 Å². The van der Waals surface area contributed by atoms with Gasteiger partial charge in [0, 0.05) is 0 Å². The zero-order valence-corrected chi connectivity index (χ0v) is 9.89. The minimum absolute atomic E-state index is 0.357. The molecule has 1 atom stereocenters. The molecule has 4 nitrogen and oxygen atoms in total. The van der Waals surface area contributed by atoms with Gasteiger partial charge >= 0.3 is 5.97 Å². The number of furan rings is 1. The summed E-state index contributed by atoms with van der Waals surface area (Å²) in [6.07, 6.45) is 7.70. The van der Waals surface area contributed by atoms with Gasteiger partial charge in [0.2, 0.25) is 0 Å². The summed E-state index contributed by atoms with van der Waals surface area (Å²) in [4.78, 5) is 11.4. The minimum Gasteiger partial charge on any atom is -0.480 e. The van der Waals surface area contributed by atoms with E-state index in [1.54, 1.807) is 12.1 Å². The first-order valence-electron chi connectivity index (χ1n) is 6.19. The Bertz CT molecular complexity index is 368. The third-order valence-corrected chi connectivity index (χ3v) is 3.68. The van der Waals surface area contributed by atoms with E-state index in [9.17, 15) is 9.90 Å². The molecule has 2 rings (SSSR count). The van der Waals surface area contributed by atoms with Crippen molar-refractivity contribution in [3.05, 3.63) is 24.2 Å². The van der Waals surface area contributed by atoms with Crippen LogP contribution < -0.4 is 5.73 Å². The summed E-state index contributed by atoms with van der Waals surface area (Å²) in [7, 11) is 0. The normalized spacial score (nSPS) is 21.0. The molecule has 0 spiro atoms. The van der Waals surface area contributed by atoms with Crippen molar-refractivity contribution >= 4 is 5.97 Å². The fourth-order valence-corrected chi connectivity index (χ4v) is 2.67. The van der Waals surface area contributed by atoms with Gasteiger partial charge in [0.1, 0.15) is 5.76 Å². The average Bonchev–Trinajstić information content (AvgIpc) is 2.84. The SMILES string of the molecule is NC(CC1CCCCC1)(C(=O)O)c1ccco1. The van der Waals surface area contributed by atoms with E-state index >= 15 is 0 Å². The summed E-state index contributed by atoms with van der Waals surface area (Å²) in [5.74, 6) is -0.247. The number of hydrogen-bond donors (Lipinski definition) is 2. The molecule has 1 aromatic rings. The number of rotatable bonds is 4. The van der Waals surface area contributed by atoms with Gasteiger partial charge in [-0.05, 0) is 24.5 Å². The minimum atomic E-state index is -1.37. The molecule has 0 amide bonds. The van der Waals surface area contributed by atoms with Crippen LogP contribution in [0.1, 0.15) is 44.3 Å². The first-order valence-corrected chi connectivity index (χ1v) is 6.19. The Balaban J connectivity index is 2.14. The fourth-order valence-electron chi connectivity index (χ4n) is 2.67. The van der Waals surface area contributed by atoms with Crippen molar-refractivity contribution in [2.24, 2.45) is 11.7 Å². The third kappa shape index (κ3) is 2.52. The quantitative estimate of drug-likeness (QED) is 0.843. The Labute approximate surface area is 101 Å². The molecule has 1 aliphatic carbocycles. The summed E-state index contributed by atoms with van der Waals surface area (Å²) in [6.45, 7) is 0. The molecule has 1 heterocycles. The Hall–Kier alpha value is -1.29. The molecule has 1 aliphatic rings. The van der Waals surface area contributed by atoms with E-state index in [0.717, 1.165) is 12.8 Å². The second-order valence-corrected chi connectivity index (χ2v) is 4.96. The maximum atomic E-state index is 11.4. The lowest BCUT2D eigenvalue weighted by Crippen LogP contribution is -2.46. The van der Waals surface area contributed by atoms with Crippen LogP contribution in [0.2, 0.25) is 0 Å². The Morgan fingerprint density at radius 1 is 1.47 bits per heavy atom. The lowest BCUT2D eigenvalue weighted by Gasteiger charge is -2.29. The van der Waals surface area contributed by atoms with Crippen LogP contribution in [-0.2, 0) is 10.3 Å². The van der Waals surface area contributed by atoms with Gasteiger partial charge in [0.05, 0.1) is 6.26 Å². The van der Waals surface area contributed by atoms with E-state index in [0.29, 0.717) is 18.1 Å². The van der Waals surface area contributed by atoms with E-state index in [2.05, 4.69) is 0 Å². The molecule has 0 aliphatic heterocycles. The lowest BCUT2D eigenvalue weighted by atomic mass is 9.78. The first-order chi connectivity index (χ1) is 8.13. The van der Waals surface area contributed by atoms with Gasteiger partial charge in [-0.1, -0.05) is 32.1 Å². The first kappa shape index (κ1) is 12.2. The largest absolute Gasteiger partial charge is 0.480 e. The second-order valence-electron chi connectivity index (χ2n) is 4.96. The van der Waals surface area contributed by atoms with E-state index in [-0.39, 0.29) is 0 Å². The van der Waals surface area contributed by atoms with Gasteiger partial charge in [-0.15, -0.1) is 0 Å². The second kappa shape index (κ2) is 4.92. The van der Waals surface area contributed by atoms with Crippen molar-refractivity contribution < 1.29 is 14.3 Å². The molecule has 0 bridgehead atoms. The van der Waals surface area contributed by atoms with Crippen LogP contribution in [0.15, 0.2) is 22.8 Å². The van der Waals surface area contributed by atoms with Crippen molar-refractivity contribution in [1.82, 2.24) is 0 Å². The third-order valence-electron chi connectivity index (χ3n) is 3.68. The van der Waals surface area contributed by atoms with E-state index < -0.39 is 11.5 Å². The Morgan fingerprint density at radius 3 is 2.71 bits per heavy atom. The molecule has 1 fully saturated rings. The van der Waals surface area contributed by atoms with Gasteiger partial charge in [0.15, 0.2) is 5.54 Å². The number of carboxylic acid groups (broad SMARTS) is 1. The maximum Gasteiger partial charge on any atom is 0.331 e. The van der Waals surface area contributed by atoms with E-state index in [1.165, 1.54) is 25.5 Å². The van der Waals surface area contributed by atoms with E-state index in [4.69, 9.17) is 10.2 Å². The van der Waals surface area contributed by atoms with Gasteiger partial charge in [-0.2, -0.15) is 0 Å². The fraction of sp³-hybridized carbons (Fsp3) is 0.615. The van der Waals surface area contributed by atoms with E-state index in [1.807, 2.05) is 0 Å². The molecular formula is C13H19NO3. The molecule has 1 saturated carbocycles. The molecule has 17 heavy (non-hydrogen) atoms. The predicted octanol–water partition coefficient (Wildman–Crippen LogP) is 2.49.